The molecule has 0 unspecified atom stereocenters. The van der Waals surface area contributed by atoms with Crippen LogP contribution in [-0.4, -0.2) is 65.9 Å². The van der Waals surface area contributed by atoms with Crippen molar-refractivity contribution in [3.63, 3.8) is 0 Å². The maximum atomic E-state index is 13.6. The molecule has 39 heavy (non-hydrogen) atoms. The van der Waals surface area contributed by atoms with Crippen LogP contribution in [0.4, 0.5) is 13.2 Å². The van der Waals surface area contributed by atoms with Crippen molar-refractivity contribution in [2.24, 2.45) is 0 Å². The third-order valence-electron chi connectivity index (χ3n) is 8.08. The highest BCUT2D eigenvalue weighted by molar-refractivity contribution is 6.77. The highest BCUT2D eigenvalue weighted by Gasteiger charge is 2.69. The van der Waals surface area contributed by atoms with Gasteiger partial charge in [-0.3, -0.25) is 4.79 Å². The molecule has 2 heterocycles. The number of amides is 1. The topological polar surface area (TPSA) is 75.2 Å². The summed E-state index contributed by atoms with van der Waals surface area (Å²) in [5.41, 5.74) is 0.408. The van der Waals surface area contributed by atoms with Crippen molar-refractivity contribution in [1.29, 1.82) is 0 Å². The third kappa shape index (κ3) is 6.62. The summed E-state index contributed by atoms with van der Waals surface area (Å²) in [6, 6.07) is -1.26. The van der Waals surface area contributed by atoms with Crippen molar-refractivity contribution in [1.82, 2.24) is 5.32 Å². The fourth-order valence-electron chi connectivity index (χ4n) is 6.79. The maximum Gasteiger partial charge on any atom is 0.471 e. The Hall–Kier alpha value is -0.506. The lowest BCUT2D eigenvalue weighted by Gasteiger charge is -2.51. The van der Waals surface area contributed by atoms with E-state index in [0.29, 0.717) is 0 Å². The molecule has 0 aromatic carbocycles. The van der Waals surface area contributed by atoms with Gasteiger partial charge in [0.25, 0.3) is 0 Å². The highest BCUT2D eigenvalue weighted by atomic mass is 28.4. The van der Waals surface area contributed by atoms with Crippen LogP contribution in [0, 0.1) is 0 Å². The minimum Gasteiger partial charge on any atom is -0.408 e. The first kappa shape index (κ1) is 34.7. The van der Waals surface area contributed by atoms with Crippen molar-refractivity contribution in [2.45, 2.75) is 167 Å². The predicted octanol–water partition coefficient (Wildman–Crippen LogP) is 7.16. The van der Waals surface area contributed by atoms with Crippen molar-refractivity contribution in [3.05, 3.63) is 0 Å². The number of carbonyl (C=O) groups is 1. The van der Waals surface area contributed by atoms with Gasteiger partial charge in [0.15, 0.2) is 12.6 Å². The number of hydrogen-bond donors (Lipinski definition) is 1. The van der Waals surface area contributed by atoms with Crippen LogP contribution >= 0.6 is 0 Å². The first-order chi connectivity index (χ1) is 17.4. The Balaban J connectivity index is 2.78. The Morgan fingerprint density at radius 2 is 1.31 bits per heavy atom. The molecule has 230 valence electrons. The summed E-state index contributed by atoms with van der Waals surface area (Å²) in [5.74, 6) is -2.07. The number of ether oxygens (including phenoxy) is 2. The van der Waals surface area contributed by atoms with E-state index in [2.05, 4.69) is 88.4 Å². The molecule has 0 aromatic heterocycles. The van der Waals surface area contributed by atoms with E-state index in [1.54, 1.807) is 13.8 Å². The minimum absolute atomic E-state index is 0.136. The molecular weight excluding hydrogens is 547 g/mol. The van der Waals surface area contributed by atoms with Crippen LogP contribution in [0.1, 0.15) is 96.9 Å². The second-order valence-corrected chi connectivity index (χ2v) is 24.4. The number of nitrogens with one attached hydrogen (secondary N) is 1. The monoisotopic (exact) mass is 599 g/mol. The number of rotatable bonds is 8. The van der Waals surface area contributed by atoms with Crippen LogP contribution in [0.2, 0.25) is 26.7 Å². The largest absolute Gasteiger partial charge is 0.471 e. The quantitative estimate of drug-likeness (QED) is 0.299. The number of alkyl halides is 3. The molecule has 12 heteroatoms. The molecule has 2 aliphatic rings. The molecule has 0 aliphatic carbocycles. The first-order valence-electron chi connectivity index (χ1n) is 14.1. The second kappa shape index (κ2) is 11.6. The summed E-state index contributed by atoms with van der Waals surface area (Å²) in [4.78, 5) is 12.4. The van der Waals surface area contributed by atoms with Crippen LogP contribution in [0.3, 0.4) is 0 Å². The molecular formula is C27H52F3NO6Si2. The number of carbonyl (C=O) groups excluding carboxylic acids is 1. The van der Waals surface area contributed by atoms with Gasteiger partial charge in [-0.15, -0.1) is 0 Å². The molecule has 2 rings (SSSR count). The van der Waals surface area contributed by atoms with E-state index in [-0.39, 0.29) is 16.6 Å². The summed E-state index contributed by atoms with van der Waals surface area (Å²) in [5, 5.41) is 1.38. The molecule has 5 atom stereocenters. The SMILES string of the molecule is CC(C)O[C@H]1O[C@@H]2O[Si](C(C)(C)C)(C(C)(C)C)O[C@@H]2[C@H](O[Si](C(C)C)(C(C)C)C(C)C)[C@H]1NC(=O)C(F)(F)F. The van der Waals surface area contributed by atoms with Gasteiger partial charge in [-0.05, 0) is 30.5 Å². The number of halogens is 3. The Labute approximate surface area is 235 Å². The zero-order valence-corrected chi connectivity index (χ0v) is 28.3. The molecule has 0 saturated carbocycles. The molecule has 1 amide bonds. The van der Waals surface area contributed by atoms with Gasteiger partial charge in [0, 0.05) is 10.1 Å². The average Bonchev–Trinajstić information content (AvgIpc) is 3.12. The Morgan fingerprint density at radius 1 is 0.846 bits per heavy atom. The van der Waals surface area contributed by atoms with E-state index in [1.807, 2.05) is 0 Å². The van der Waals surface area contributed by atoms with Gasteiger partial charge in [-0.25, -0.2) is 0 Å². The lowest BCUT2D eigenvalue weighted by Crippen LogP contribution is -2.68. The van der Waals surface area contributed by atoms with E-state index in [4.69, 9.17) is 22.8 Å². The summed E-state index contributed by atoms with van der Waals surface area (Å²) in [6.07, 6.45) is -9.44. The fraction of sp³-hybridized carbons (Fsp3) is 0.963. The Kier molecular flexibility index (Phi) is 10.4. The molecule has 2 aliphatic heterocycles. The van der Waals surface area contributed by atoms with Gasteiger partial charge in [-0.2, -0.15) is 13.2 Å². The molecule has 0 aromatic rings. The lowest BCUT2D eigenvalue weighted by atomic mass is 10.0. The van der Waals surface area contributed by atoms with Gasteiger partial charge in [-0.1, -0.05) is 83.1 Å². The normalized spacial score (nSPS) is 28.5. The molecule has 0 spiro atoms. The third-order valence-corrected chi connectivity index (χ3v) is 19.3. The van der Waals surface area contributed by atoms with Crippen LogP contribution in [-0.2, 0) is 27.5 Å². The second-order valence-electron chi connectivity index (χ2n) is 14.3. The average molecular weight is 600 g/mol. The summed E-state index contributed by atoms with van der Waals surface area (Å²) in [6.45, 7) is 28.5. The summed E-state index contributed by atoms with van der Waals surface area (Å²) in [7, 11) is -5.80. The maximum absolute atomic E-state index is 13.6. The van der Waals surface area contributed by atoms with E-state index in [1.165, 1.54) is 0 Å². The summed E-state index contributed by atoms with van der Waals surface area (Å²) >= 11 is 0. The zero-order valence-electron chi connectivity index (χ0n) is 26.3. The lowest BCUT2D eigenvalue weighted by molar-refractivity contribution is -0.293. The van der Waals surface area contributed by atoms with Gasteiger partial charge in [0.1, 0.15) is 18.2 Å². The van der Waals surface area contributed by atoms with Gasteiger partial charge in [0.05, 0.1) is 6.10 Å². The number of hydrogen-bond acceptors (Lipinski definition) is 6. The molecule has 1 N–H and O–H groups in total. The van der Waals surface area contributed by atoms with Crippen molar-refractivity contribution >= 4 is 22.8 Å². The standard InChI is InChI=1S/C27H52F3NO6Si2/c1-15(2)33-22-19(31-24(32)27(28,29)30)20(35-38(16(3)4,17(5)6)18(7)8)21-23(34-22)37-39(36-21,25(9,10)11)26(12,13)14/h15-23H,1-14H3,(H,31,32)/t19-,20-,21-,22+,23-/m1/s1. The van der Waals surface area contributed by atoms with Crippen molar-refractivity contribution in [2.75, 3.05) is 0 Å². The van der Waals surface area contributed by atoms with Gasteiger partial charge < -0.3 is 28.1 Å². The Morgan fingerprint density at radius 3 is 1.67 bits per heavy atom. The summed E-state index contributed by atoms with van der Waals surface area (Å²) < 4.78 is 73.8. The van der Waals surface area contributed by atoms with E-state index in [0.717, 1.165) is 0 Å². The van der Waals surface area contributed by atoms with Crippen LogP contribution in [0.5, 0.6) is 0 Å². The zero-order chi connectivity index (χ0) is 30.5. The fourth-order valence-corrected chi connectivity index (χ4v) is 17.2. The van der Waals surface area contributed by atoms with Crippen molar-refractivity contribution in [3.8, 4) is 0 Å². The molecule has 7 nitrogen and oxygen atoms in total. The van der Waals surface area contributed by atoms with Crippen molar-refractivity contribution < 1.29 is 40.7 Å². The van der Waals surface area contributed by atoms with E-state index in [9.17, 15) is 18.0 Å². The van der Waals surface area contributed by atoms with E-state index >= 15 is 0 Å². The van der Waals surface area contributed by atoms with Crippen LogP contribution in [0.15, 0.2) is 0 Å². The predicted molar refractivity (Wildman–Crippen MR) is 150 cm³/mol. The molecule has 2 saturated heterocycles. The van der Waals surface area contributed by atoms with Crippen LogP contribution in [0.25, 0.3) is 0 Å². The minimum atomic E-state index is -5.09. The first-order valence-corrected chi connectivity index (χ1v) is 18.1. The van der Waals surface area contributed by atoms with E-state index < -0.39 is 76.0 Å². The number of fused-ring (bicyclic) bond motifs is 1. The molecule has 2 fully saturated rings. The Bertz CT molecular complexity index is 818. The highest BCUT2D eigenvalue weighted by Crippen LogP contribution is 2.58. The van der Waals surface area contributed by atoms with Crippen LogP contribution < -0.4 is 5.32 Å². The molecule has 0 radical (unpaired) electrons. The van der Waals surface area contributed by atoms with Gasteiger partial charge in [0.2, 0.25) is 8.32 Å². The smallest absolute Gasteiger partial charge is 0.408 e. The molecule has 0 bridgehead atoms. The van der Waals surface area contributed by atoms with Gasteiger partial charge >= 0.3 is 20.6 Å².